The number of fused-ring (bicyclic) bond motifs is 1. The first-order valence-corrected chi connectivity index (χ1v) is 11.1. The fourth-order valence-electron chi connectivity index (χ4n) is 3.94. The highest BCUT2D eigenvalue weighted by Gasteiger charge is 2.33. The summed E-state index contributed by atoms with van der Waals surface area (Å²) >= 11 is 0. The number of anilines is 2. The van der Waals surface area contributed by atoms with Crippen molar-refractivity contribution >= 4 is 21.4 Å². The molecule has 150 valence electrons. The van der Waals surface area contributed by atoms with Crippen LogP contribution in [0.1, 0.15) is 43.0 Å². The van der Waals surface area contributed by atoms with Gasteiger partial charge in [0.2, 0.25) is 0 Å². The normalized spacial score (nSPS) is 17.8. The van der Waals surface area contributed by atoms with E-state index in [1.54, 1.807) is 18.3 Å². The first kappa shape index (κ1) is 19.5. The van der Waals surface area contributed by atoms with Crippen LogP contribution in [-0.2, 0) is 15.4 Å². The number of rotatable bonds is 4. The van der Waals surface area contributed by atoms with Crippen LogP contribution in [0.25, 0.3) is 0 Å². The predicted molar refractivity (Wildman–Crippen MR) is 117 cm³/mol. The minimum absolute atomic E-state index is 0.0164. The lowest BCUT2D eigenvalue weighted by Gasteiger charge is -2.39. The Bertz CT molecular complexity index is 1140. The molecule has 1 aliphatic heterocycles. The van der Waals surface area contributed by atoms with Gasteiger partial charge in [-0.05, 0) is 60.2 Å². The summed E-state index contributed by atoms with van der Waals surface area (Å²) in [5.74, 6) is 0. The van der Waals surface area contributed by atoms with Crippen LogP contribution in [0, 0.1) is 6.92 Å². The number of pyridine rings is 1. The summed E-state index contributed by atoms with van der Waals surface area (Å²) in [6.45, 7) is 6.63. The number of aromatic nitrogens is 1. The summed E-state index contributed by atoms with van der Waals surface area (Å²) in [5.41, 5.74) is 5.32. The smallest absolute Gasteiger partial charge is 0.263 e. The highest BCUT2D eigenvalue weighted by Crippen LogP contribution is 2.44. The molecule has 0 fully saturated rings. The monoisotopic (exact) mass is 407 g/mol. The van der Waals surface area contributed by atoms with Gasteiger partial charge in [-0.3, -0.25) is 9.71 Å². The topological polar surface area (TPSA) is 71.1 Å². The fraction of sp³-hybridized carbons (Fsp3) is 0.261. The van der Waals surface area contributed by atoms with E-state index in [1.165, 1.54) is 23.4 Å². The SMILES string of the molecule is Cc1ccc2c(c1)C(C)(C)CC(c1cccc(NS(=O)(=O)c3cccnc3)c1)N2. The molecule has 6 heteroatoms. The third-order valence-electron chi connectivity index (χ3n) is 5.43. The standard InChI is InChI=1S/C23H25N3O2S/c1-16-9-10-21-20(12-16)23(2,3)14-22(25-21)17-6-4-7-18(13-17)26-29(27,28)19-8-5-11-24-15-19/h4-13,15,22,25-26H,14H2,1-3H3. The Morgan fingerprint density at radius 3 is 2.69 bits per heavy atom. The van der Waals surface area contributed by atoms with E-state index < -0.39 is 10.0 Å². The third-order valence-corrected chi connectivity index (χ3v) is 6.80. The summed E-state index contributed by atoms with van der Waals surface area (Å²) in [6.07, 6.45) is 3.81. The molecule has 0 radical (unpaired) electrons. The van der Waals surface area contributed by atoms with Gasteiger partial charge in [0, 0.05) is 23.8 Å². The molecule has 4 rings (SSSR count). The molecule has 0 amide bonds. The Kier molecular flexibility index (Phi) is 4.82. The van der Waals surface area contributed by atoms with Crippen LogP contribution in [0.15, 0.2) is 71.9 Å². The van der Waals surface area contributed by atoms with Gasteiger partial charge < -0.3 is 5.32 Å². The zero-order chi connectivity index (χ0) is 20.6. The average Bonchev–Trinajstić information content (AvgIpc) is 2.69. The van der Waals surface area contributed by atoms with Crippen molar-refractivity contribution in [2.75, 3.05) is 10.0 Å². The largest absolute Gasteiger partial charge is 0.378 e. The van der Waals surface area contributed by atoms with Crippen LogP contribution >= 0.6 is 0 Å². The van der Waals surface area contributed by atoms with E-state index in [-0.39, 0.29) is 16.4 Å². The van der Waals surface area contributed by atoms with Gasteiger partial charge >= 0.3 is 0 Å². The van der Waals surface area contributed by atoms with E-state index in [9.17, 15) is 8.42 Å². The van der Waals surface area contributed by atoms with Crippen molar-refractivity contribution in [3.05, 3.63) is 83.7 Å². The Hall–Kier alpha value is -2.86. The lowest BCUT2D eigenvalue weighted by Crippen LogP contribution is -2.31. The molecule has 1 unspecified atom stereocenters. The lowest BCUT2D eigenvalue weighted by atomic mass is 9.73. The molecule has 2 aromatic carbocycles. The van der Waals surface area contributed by atoms with Gasteiger partial charge in [-0.25, -0.2) is 8.42 Å². The Morgan fingerprint density at radius 1 is 1.10 bits per heavy atom. The Labute approximate surface area is 172 Å². The number of aryl methyl sites for hydroxylation is 1. The number of hydrogen-bond acceptors (Lipinski definition) is 4. The summed E-state index contributed by atoms with van der Waals surface area (Å²) < 4.78 is 27.9. The molecule has 0 aliphatic carbocycles. The maximum Gasteiger partial charge on any atom is 0.263 e. The summed E-state index contributed by atoms with van der Waals surface area (Å²) in [7, 11) is -3.67. The highest BCUT2D eigenvalue weighted by atomic mass is 32.2. The molecular formula is C23H25N3O2S. The van der Waals surface area contributed by atoms with Crippen LogP contribution in [-0.4, -0.2) is 13.4 Å². The molecule has 0 spiro atoms. The Balaban J connectivity index is 1.62. The Morgan fingerprint density at radius 2 is 1.93 bits per heavy atom. The van der Waals surface area contributed by atoms with E-state index in [0.717, 1.165) is 17.7 Å². The van der Waals surface area contributed by atoms with Gasteiger partial charge in [0.15, 0.2) is 0 Å². The van der Waals surface area contributed by atoms with Crippen molar-refractivity contribution in [1.82, 2.24) is 4.98 Å². The molecule has 2 heterocycles. The third kappa shape index (κ3) is 3.98. The molecule has 0 saturated carbocycles. The number of nitrogens with zero attached hydrogens (tertiary/aromatic N) is 1. The molecular weight excluding hydrogens is 382 g/mol. The predicted octanol–water partition coefficient (Wildman–Crippen LogP) is 5.03. The van der Waals surface area contributed by atoms with Crippen molar-refractivity contribution in [2.24, 2.45) is 0 Å². The first-order chi connectivity index (χ1) is 13.7. The molecule has 2 N–H and O–H groups in total. The van der Waals surface area contributed by atoms with E-state index in [2.05, 4.69) is 54.0 Å². The van der Waals surface area contributed by atoms with E-state index in [4.69, 9.17) is 0 Å². The van der Waals surface area contributed by atoms with Gasteiger partial charge in [-0.2, -0.15) is 0 Å². The molecule has 1 atom stereocenters. The first-order valence-electron chi connectivity index (χ1n) is 9.65. The van der Waals surface area contributed by atoms with Crippen LogP contribution in [0.2, 0.25) is 0 Å². The summed E-state index contributed by atoms with van der Waals surface area (Å²) in [6, 6.07) is 17.3. The average molecular weight is 408 g/mol. The van der Waals surface area contributed by atoms with Crippen molar-refractivity contribution in [3.8, 4) is 0 Å². The van der Waals surface area contributed by atoms with Crippen molar-refractivity contribution in [2.45, 2.75) is 43.5 Å². The maximum atomic E-state index is 12.6. The van der Waals surface area contributed by atoms with E-state index in [0.29, 0.717) is 5.69 Å². The van der Waals surface area contributed by atoms with E-state index in [1.807, 2.05) is 18.2 Å². The number of hydrogen-bond donors (Lipinski definition) is 2. The minimum Gasteiger partial charge on any atom is -0.378 e. The molecule has 0 bridgehead atoms. The zero-order valence-electron chi connectivity index (χ0n) is 16.8. The second kappa shape index (κ2) is 7.19. The van der Waals surface area contributed by atoms with Crippen LogP contribution in [0.5, 0.6) is 0 Å². The second-order valence-electron chi connectivity index (χ2n) is 8.25. The zero-order valence-corrected chi connectivity index (χ0v) is 17.6. The molecule has 1 aromatic heterocycles. The van der Waals surface area contributed by atoms with Crippen molar-refractivity contribution in [1.29, 1.82) is 0 Å². The van der Waals surface area contributed by atoms with Gasteiger partial charge in [-0.15, -0.1) is 0 Å². The molecule has 5 nitrogen and oxygen atoms in total. The molecule has 29 heavy (non-hydrogen) atoms. The fourth-order valence-corrected chi connectivity index (χ4v) is 4.96. The van der Waals surface area contributed by atoms with Crippen molar-refractivity contribution < 1.29 is 8.42 Å². The molecule has 0 saturated heterocycles. The molecule has 1 aliphatic rings. The quantitative estimate of drug-likeness (QED) is 0.637. The second-order valence-corrected chi connectivity index (χ2v) is 9.94. The highest BCUT2D eigenvalue weighted by molar-refractivity contribution is 7.92. The van der Waals surface area contributed by atoms with Crippen LogP contribution in [0.3, 0.4) is 0 Å². The van der Waals surface area contributed by atoms with E-state index >= 15 is 0 Å². The van der Waals surface area contributed by atoms with Gasteiger partial charge in [0.25, 0.3) is 10.0 Å². The van der Waals surface area contributed by atoms with Crippen molar-refractivity contribution in [3.63, 3.8) is 0 Å². The number of nitrogens with one attached hydrogen (secondary N) is 2. The number of benzene rings is 2. The van der Waals surface area contributed by atoms with Crippen LogP contribution in [0.4, 0.5) is 11.4 Å². The van der Waals surface area contributed by atoms with Crippen LogP contribution < -0.4 is 10.0 Å². The van der Waals surface area contributed by atoms with Gasteiger partial charge in [0.05, 0.1) is 6.04 Å². The van der Waals surface area contributed by atoms with Gasteiger partial charge in [-0.1, -0.05) is 43.7 Å². The summed E-state index contributed by atoms with van der Waals surface area (Å²) in [5, 5.41) is 3.63. The lowest BCUT2D eigenvalue weighted by molar-refractivity contribution is 0.427. The summed E-state index contributed by atoms with van der Waals surface area (Å²) in [4.78, 5) is 4.04. The minimum atomic E-state index is -3.67. The number of sulfonamides is 1. The molecule has 3 aromatic rings. The van der Waals surface area contributed by atoms with Gasteiger partial charge in [0.1, 0.15) is 4.90 Å². The maximum absolute atomic E-state index is 12.6.